The van der Waals surface area contributed by atoms with E-state index >= 15 is 0 Å². The van der Waals surface area contributed by atoms with Gasteiger partial charge in [0.25, 0.3) is 0 Å². The molecule has 0 aliphatic rings. The van der Waals surface area contributed by atoms with E-state index in [0.717, 1.165) is 0 Å². The number of carbonyl (C=O) groups is 2. The number of rotatable bonds is 5. The first-order chi connectivity index (χ1) is 5.92. The second kappa shape index (κ2) is 4.25. The predicted molar refractivity (Wildman–Crippen MR) is 47.5 cm³/mol. The van der Waals surface area contributed by atoms with Crippen LogP contribution >= 0.6 is 0 Å². The minimum absolute atomic E-state index is 0.340. The molecular weight excluding hydrogens is 172 g/mol. The van der Waals surface area contributed by atoms with Crippen molar-refractivity contribution in [3.8, 4) is 0 Å². The van der Waals surface area contributed by atoms with Crippen molar-refractivity contribution in [2.45, 2.75) is 33.6 Å². The Hall–Kier alpha value is -1.06. The first-order valence-electron chi connectivity index (χ1n) is 4.38. The molecule has 0 amide bonds. The SMILES string of the molecule is CCC(CC)(C(=O)O)C(C)C(=O)O. The van der Waals surface area contributed by atoms with Crippen molar-refractivity contribution in [1.82, 2.24) is 0 Å². The number of carboxylic acids is 2. The molecule has 0 bridgehead atoms. The van der Waals surface area contributed by atoms with Crippen LogP contribution in [-0.2, 0) is 9.59 Å². The monoisotopic (exact) mass is 188 g/mol. The lowest BCUT2D eigenvalue weighted by molar-refractivity contribution is -0.162. The largest absolute Gasteiger partial charge is 0.481 e. The van der Waals surface area contributed by atoms with Gasteiger partial charge in [-0.2, -0.15) is 0 Å². The van der Waals surface area contributed by atoms with Gasteiger partial charge in [-0.15, -0.1) is 0 Å². The number of hydrogen-bond donors (Lipinski definition) is 2. The van der Waals surface area contributed by atoms with Crippen LogP contribution in [0.4, 0.5) is 0 Å². The third kappa shape index (κ3) is 1.99. The van der Waals surface area contributed by atoms with Crippen molar-refractivity contribution in [3.63, 3.8) is 0 Å². The lowest BCUT2D eigenvalue weighted by Crippen LogP contribution is -2.40. The quantitative estimate of drug-likeness (QED) is 0.687. The zero-order chi connectivity index (χ0) is 10.6. The molecule has 0 saturated carbocycles. The Morgan fingerprint density at radius 3 is 1.69 bits per heavy atom. The minimum Gasteiger partial charge on any atom is -0.481 e. The van der Waals surface area contributed by atoms with Gasteiger partial charge in [0.2, 0.25) is 0 Å². The highest BCUT2D eigenvalue weighted by Gasteiger charge is 2.44. The van der Waals surface area contributed by atoms with E-state index in [-0.39, 0.29) is 0 Å². The number of hydrogen-bond acceptors (Lipinski definition) is 2. The molecule has 76 valence electrons. The normalized spacial score (nSPS) is 13.8. The summed E-state index contributed by atoms with van der Waals surface area (Å²) >= 11 is 0. The van der Waals surface area contributed by atoms with E-state index < -0.39 is 23.3 Å². The van der Waals surface area contributed by atoms with Gasteiger partial charge >= 0.3 is 11.9 Å². The molecular formula is C9H16O4. The van der Waals surface area contributed by atoms with Gasteiger partial charge in [-0.05, 0) is 12.8 Å². The summed E-state index contributed by atoms with van der Waals surface area (Å²) in [6.07, 6.45) is 0.679. The molecule has 1 unspecified atom stereocenters. The Labute approximate surface area is 77.6 Å². The van der Waals surface area contributed by atoms with Gasteiger partial charge < -0.3 is 10.2 Å². The zero-order valence-corrected chi connectivity index (χ0v) is 8.20. The minimum atomic E-state index is -1.12. The summed E-state index contributed by atoms with van der Waals surface area (Å²) in [5.41, 5.74) is -1.12. The van der Waals surface area contributed by atoms with Crippen molar-refractivity contribution < 1.29 is 19.8 Å². The summed E-state index contributed by atoms with van der Waals surface area (Å²) in [6, 6.07) is 0. The van der Waals surface area contributed by atoms with Crippen molar-refractivity contribution in [1.29, 1.82) is 0 Å². The Balaban J connectivity index is 4.97. The molecule has 0 saturated heterocycles. The van der Waals surface area contributed by atoms with Crippen molar-refractivity contribution in [2.75, 3.05) is 0 Å². The Morgan fingerprint density at radius 1 is 1.23 bits per heavy atom. The zero-order valence-electron chi connectivity index (χ0n) is 8.20. The molecule has 0 heterocycles. The molecule has 0 aromatic rings. The fourth-order valence-electron chi connectivity index (χ4n) is 1.59. The first-order valence-corrected chi connectivity index (χ1v) is 4.38. The molecule has 1 atom stereocenters. The van der Waals surface area contributed by atoms with E-state index in [1.54, 1.807) is 13.8 Å². The van der Waals surface area contributed by atoms with Crippen LogP contribution in [0.2, 0.25) is 0 Å². The molecule has 13 heavy (non-hydrogen) atoms. The molecule has 0 aromatic carbocycles. The van der Waals surface area contributed by atoms with Gasteiger partial charge in [0, 0.05) is 0 Å². The topological polar surface area (TPSA) is 74.6 Å². The highest BCUT2D eigenvalue weighted by molar-refractivity contribution is 5.83. The molecule has 0 aliphatic carbocycles. The lowest BCUT2D eigenvalue weighted by atomic mass is 9.72. The molecule has 0 radical (unpaired) electrons. The van der Waals surface area contributed by atoms with Crippen LogP contribution in [0.3, 0.4) is 0 Å². The molecule has 0 fully saturated rings. The molecule has 4 nitrogen and oxygen atoms in total. The van der Waals surface area contributed by atoms with Crippen LogP contribution in [0.25, 0.3) is 0 Å². The van der Waals surface area contributed by atoms with Crippen LogP contribution in [0.1, 0.15) is 33.6 Å². The van der Waals surface area contributed by atoms with Gasteiger partial charge in [-0.25, -0.2) is 0 Å². The van der Waals surface area contributed by atoms with E-state index in [2.05, 4.69) is 0 Å². The summed E-state index contributed by atoms with van der Waals surface area (Å²) in [4.78, 5) is 21.7. The summed E-state index contributed by atoms with van der Waals surface area (Å²) in [5.74, 6) is -2.92. The fourth-order valence-corrected chi connectivity index (χ4v) is 1.59. The van der Waals surface area contributed by atoms with Gasteiger partial charge in [0.1, 0.15) is 0 Å². The summed E-state index contributed by atoms with van der Waals surface area (Å²) in [6.45, 7) is 4.86. The van der Waals surface area contributed by atoms with Gasteiger partial charge in [0.05, 0.1) is 11.3 Å². The second-order valence-electron chi connectivity index (χ2n) is 3.23. The average molecular weight is 188 g/mol. The molecule has 2 N–H and O–H groups in total. The van der Waals surface area contributed by atoms with Crippen LogP contribution in [-0.4, -0.2) is 22.2 Å². The maximum atomic E-state index is 11.0. The number of aliphatic carboxylic acids is 2. The highest BCUT2D eigenvalue weighted by atomic mass is 16.4. The molecule has 0 aromatic heterocycles. The van der Waals surface area contributed by atoms with Crippen LogP contribution in [0.15, 0.2) is 0 Å². The lowest BCUT2D eigenvalue weighted by Gasteiger charge is -2.30. The Bertz CT molecular complexity index is 206. The van der Waals surface area contributed by atoms with Crippen molar-refractivity contribution in [2.24, 2.45) is 11.3 Å². The van der Waals surface area contributed by atoms with Crippen LogP contribution in [0, 0.1) is 11.3 Å². The molecule has 0 rings (SSSR count). The maximum Gasteiger partial charge on any atom is 0.310 e. The van der Waals surface area contributed by atoms with E-state index in [4.69, 9.17) is 10.2 Å². The maximum absolute atomic E-state index is 11.0. The third-order valence-corrected chi connectivity index (χ3v) is 2.89. The van der Waals surface area contributed by atoms with Gasteiger partial charge in [-0.3, -0.25) is 9.59 Å². The predicted octanol–water partition coefficient (Wildman–Crippen LogP) is 1.60. The van der Waals surface area contributed by atoms with E-state index in [1.807, 2.05) is 0 Å². The van der Waals surface area contributed by atoms with E-state index in [1.165, 1.54) is 6.92 Å². The number of carboxylic acid groups (broad SMARTS) is 2. The molecule has 0 aliphatic heterocycles. The molecule has 0 spiro atoms. The molecule has 4 heteroatoms. The smallest absolute Gasteiger partial charge is 0.310 e. The standard InChI is InChI=1S/C9H16O4/c1-4-9(5-2,8(12)13)6(3)7(10)11/h6H,4-5H2,1-3H3,(H,10,11)(H,12,13). The van der Waals surface area contributed by atoms with Crippen LogP contribution < -0.4 is 0 Å². The summed E-state index contributed by atoms with van der Waals surface area (Å²) in [7, 11) is 0. The highest BCUT2D eigenvalue weighted by Crippen LogP contribution is 2.35. The average Bonchev–Trinajstić information content (AvgIpc) is 2.06. The van der Waals surface area contributed by atoms with Gasteiger partial charge in [-0.1, -0.05) is 20.8 Å². The third-order valence-electron chi connectivity index (χ3n) is 2.89. The fraction of sp³-hybridized carbons (Fsp3) is 0.778. The Morgan fingerprint density at radius 2 is 1.62 bits per heavy atom. The second-order valence-corrected chi connectivity index (χ2v) is 3.23. The van der Waals surface area contributed by atoms with Crippen molar-refractivity contribution in [3.05, 3.63) is 0 Å². The first kappa shape index (κ1) is 11.9. The van der Waals surface area contributed by atoms with E-state index in [9.17, 15) is 9.59 Å². The van der Waals surface area contributed by atoms with E-state index in [0.29, 0.717) is 12.8 Å². The van der Waals surface area contributed by atoms with Gasteiger partial charge in [0.15, 0.2) is 0 Å². The summed E-state index contributed by atoms with van der Waals surface area (Å²) < 4.78 is 0. The Kier molecular flexibility index (Phi) is 3.91. The summed E-state index contributed by atoms with van der Waals surface area (Å²) in [5, 5.41) is 17.7. The van der Waals surface area contributed by atoms with Crippen LogP contribution in [0.5, 0.6) is 0 Å². The van der Waals surface area contributed by atoms with Crippen molar-refractivity contribution >= 4 is 11.9 Å².